The zero-order chi connectivity index (χ0) is 19.2. The Hall–Kier alpha value is -3.12. The SMILES string of the molecule is COc1cccc(CN(C)CC(=O)Nc2cc(C)nn2-c2ccccc2)c1. The van der Waals surface area contributed by atoms with Crippen LogP contribution in [0.25, 0.3) is 5.69 Å². The smallest absolute Gasteiger partial charge is 0.239 e. The zero-order valence-electron chi connectivity index (χ0n) is 15.8. The van der Waals surface area contributed by atoms with Crippen molar-refractivity contribution >= 4 is 11.7 Å². The fourth-order valence-corrected chi connectivity index (χ4v) is 2.92. The van der Waals surface area contributed by atoms with Crippen molar-refractivity contribution in [1.29, 1.82) is 0 Å². The van der Waals surface area contributed by atoms with Gasteiger partial charge in [-0.15, -0.1) is 0 Å². The number of hydrogen-bond donors (Lipinski definition) is 1. The maximum Gasteiger partial charge on any atom is 0.239 e. The van der Waals surface area contributed by atoms with Gasteiger partial charge in [0.2, 0.25) is 5.91 Å². The van der Waals surface area contributed by atoms with Crippen LogP contribution in [0.5, 0.6) is 5.75 Å². The molecule has 0 unspecified atom stereocenters. The molecule has 0 aliphatic carbocycles. The molecule has 1 heterocycles. The van der Waals surface area contributed by atoms with Crippen LogP contribution in [0.2, 0.25) is 0 Å². The van der Waals surface area contributed by atoms with Crippen molar-refractivity contribution in [3.63, 3.8) is 0 Å². The summed E-state index contributed by atoms with van der Waals surface area (Å²) in [5.41, 5.74) is 2.85. The molecule has 3 rings (SSSR count). The van der Waals surface area contributed by atoms with E-state index in [0.717, 1.165) is 22.7 Å². The number of likely N-dealkylation sites (N-methyl/N-ethyl adjacent to an activating group) is 1. The summed E-state index contributed by atoms with van der Waals surface area (Å²) in [6.07, 6.45) is 0. The van der Waals surface area contributed by atoms with Gasteiger partial charge in [0.25, 0.3) is 0 Å². The van der Waals surface area contributed by atoms with Crippen molar-refractivity contribution < 1.29 is 9.53 Å². The van der Waals surface area contributed by atoms with E-state index in [4.69, 9.17) is 4.74 Å². The first-order valence-corrected chi connectivity index (χ1v) is 8.78. The third kappa shape index (κ3) is 4.95. The Labute approximate surface area is 159 Å². The minimum Gasteiger partial charge on any atom is -0.497 e. The Bertz CT molecular complexity index is 906. The molecule has 2 aromatic carbocycles. The fourth-order valence-electron chi connectivity index (χ4n) is 2.92. The molecule has 0 spiro atoms. The maximum atomic E-state index is 12.5. The molecule has 6 nitrogen and oxygen atoms in total. The Balaban J connectivity index is 1.64. The summed E-state index contributed by atoms with van der Waals surface area (Å²) < 4.78 is 6.99. The predicted molar refractivity (Wildman–Crippen MR) is 106 cm³/mol. The molecule has 6 heteroatoms. The van der Waals surface area contributed by atoms with Gasteiger partial charge in [-0.2, -0.15) is 5.10 Å². The van der Waals surface area contributed by atoms with Crippen LogP contribution in [0.4, 0.5) is 5.82 Å². The van der Waals surface area contributed by atoms with Gasteiger partial charge in [-0.25, -0.2) is 4.68 Å². The van der Waals surface area contributed by atoms with E-state index in [9.17, 15) is 4.79 Å². The van der Waals surface area contributed by atoms with Crippen molar-refractivity contribution in [1.82, 2.24) is 14.7 Å². The number of nitrogens with one attached hydrogen (secondary N) is 1. The number of carbonyl (C=O) groups is 1. The Morgan fingerprint density at radius 2 is 1.93 bits per heavy atom. The molecule has 1 aromatic heterocycles. The molecule has 1 amide bonds. The molecule has 27 heavy (non-hydrogen) atoms. The molecule has 0 saturated heterocycles. The van der Waals surface area contributed by atoms with Crippen LogP contribution in [0, 0.1) is 6.92 Å². The molecular formula is C21H24N4O2. The van der Waals surface area contributed by atoms with Gasteiger partial charge in [-0.3, -0.25) is 9.69 Å². The number of amides is 1. The van der Waals surface area contributed by atoms with Gasteiger partial charge in [-0.05, 0) is 43.8 Å². The summed E-state index contributed by atoms with van der Waals surface area (Å²) in [5.74, 6) is 1.39. The summed E-state index contributed by atoms with van der Waals surface area (Å²) in [5, 5.41) is 7.44. The molecule has 0 radical (unpaired) electrons. The minimum absolute atomic E-state index is 0.0857. The van der Waals surface area contributed by atoms with Crippen LogP contribution in [0.15, 0.2) is 60.7 Å². The van der Waals surface area contributed by atoms with E-state index in [-0.39, 0.29) is 12.5 Å². The number of carbonyl (C=O) groups excluding carboxylic acids is 1. The number of benzene rings is 2. The summed E-state index contributed by atoms with van der Waals surface area (Å²) >= 11 is 0. The van der Waals surface area contributed by atoms with Crippen molar-refractivity contribution in [3.05, 3.63) is 71.9 Å². The molecule has 0 atom stereocenters. The minimum atomic E-state index is -0.0857. The average Bonchev–Trinajstić information content (AvgIpc) is 3.02. The maximum absolute atomic E-state index is 12.5. The zero-order valence-corrected chi connectivity index (χ0v) is 15.8. The van der Waals surface area contributed by atoms with Crippen molar-refractivity contribution in [2.24, 2.45) is 0 Å². The van der Waals surface area contributed by atoms with E-state index >= 15 is 0 Å². The predicted octanol–water partition coefficient (Wildman–Crippen LogP) is 3.26. The first kappa shape index (κ1) is 18.7. The van der Waals surface area contributed by atoms with Crippen LogP contribution >= 0.6 is 0 Å². The molecule has 0 saturated carbocycles. The lowest BCUT2D eigenvalue weighted by molar-refractivity contribution is -0.117. The molecule has 0 aliphatic heterocycles. The second kappa shape index (κ2) is 8.51. The second-order valence-electron chi connectivity index (χ2n) is 6.49. The van der Waals surface area contributed by atoms with E-state index in [1.807, 2.05) is 79.5 Å². The molecule has 3 aromatic rings. The monoisotopic (exact) mass is 364 g/mol. The molecule has 0 fully saturated rings. The highest BCUT2D eigenvalue weighted by molar-refractivity contribution is 5.91. The number of aromatic nitrogens is 2. The highest BCUT2D eigenvalue weighted by Gasteiger charge is 2.13. The highest BCUT2D eigenvalue weighted by atomic mass is 16.5. The van der Waals surface area contributed by atoms with E-state index in [1.165, 1.54) is 0 Å². The van der Waals surface area contributed by atoms with Crippen LogP contribution in [-0.2, 0) is 11.3 Å². The highest BCUT2D eigenvalue weighted by Crippen LogP contribution is 2.17. The normalized spacial score (nSPS) is 10.8. The first-order valence-electron chi connectivity index (χ1n) is 8.78. The molecule has 0 aliphatic rings. The summed E-state index contributed by atoms with van der Waals surface area (Å²) in [4.78, 5) is 14.5. The van der Waals surface area contributed by atoms with E-state index < -0.39 is 0 Å². The second-order valence-corrected chi connectivity index (χ2v) is 6.49. The fraction of sp³-hybridized carbons (Fsp3) is 0.238. The van der Waals surface area contributed by atoms with Crippen LogP contribution in [0.1, 0.15) is 11.3 Å². The number of para-hydroxylation sites is 1. The van der Waals surface area contributed by atoms with Gasteiger partial charge in [0.1, 0.15) is 11.6 Å². The van der Waals surface area contributed by atoms with Crippen molar-refractivity contribution in [2.45, 2.75) is 13.5 Å². The third-order valence-electron chi connectivity index (χ3n) is 4.10. The van der Waals surface area contributed by atoms with E-state index in [1.54, 1.807) is 11.8 Å². The Morgan fingerprint density at radius 1 is 1.15 bits per heavy atom. The van der Waals surface area contributed by atoms with Gasteiger partial charge in [0.05, 0.1) is 25.0 Å². The van der Waals surface area contributed by atoms with Crippen LogP contribution in [0.3, 0.4) is 0 Å². The van der Waals surface area contributed by atoms with Gasteiger partial charge < -0.3 is 10.1 Å². The number of aryl methyl sites for hydroxylation is 1. The van der Waals surface area contributed by atoms with Crippen molar-refractivity contribution in [2.75, 3.05) is 26.0 Å². The van der Waals surface area contributed by atoms with Crippen LogP contribution in [-0.4, -0.2) is 41.3 Å². The number of rotatable bonds is 7. The number of nitrogens with zero attached hydrogens (tertiary/aromatic N) is 3. The summed E-state index contributed by atoms with van der Waals surface area (Å²) in [6.45, 7) is 2.84. The topological polar surface area (TPSA) is 59.4 Å². The Kier molecular flexibility index (Phi) is 5.88. The van der Waals surface area contributed by atoms with Crippen molar-refractivity contribution in [3.8, 4) is 11.4 Å². The lowest BCUT2D eigenvalue weighted by Crippen LogP contribution is -2.30. The number of hydrogen-bond acceptors (Lipinski definition) is 4. The lowest BCUT2D eigenvalue weighted by Gasteiger charge is -2.17. The first-order chi connectivity index (χ1) is 13.0. The molecular weight excluding hydrogens is 340 g/mol. The van der Waals surface area contributed by atoms with Gasteiger partial charge >= 0.3 is 0 Å². The van der Waals surface area contributed by atoms with Crippen LogP contribution < -0.4 is 10.1 Å². The lowest BCUT2D eigenvalue weighted by atomic mass is 10.2. The van der Waals surface area contributed by atoms with Gasteiger partial charge in [-0.1, -0.05) is 30.3 Å². The van der Waals surface area contributed by atoms with Gasteiger partial charge in [0.15, 0.2) is 0 Å². The Morgan fingerprint density at radius 3 is 2.67 bits per heavy atom. The molecule has 1 N–H and O–H groups in total. The largest absolute Gasteiger partial charge is 0.497 e. The standard InChI is InChI=1S/C21H24N4O2/c1-16-12-20(25(23-16)18-9-5-4-6-10-18)22-21(26)15-24(2)14-17-8-7-11-19(13-17)27-3/h4-13H,14-15H2,1-3H3,(H,22,26). The quantitative estimate of drug-likeness (QED) is 0.699. The number of anilines is 1. The van der Waals surface area contributed by atoms with E-state index in [0.29, 0.717) is 12.4 Å². The molecule has 140 valence electrons. The average molecular weight is 364 g/mol. The summed E-state index contributed by atoms with van der Waals surface area (Å²) in [6, 6.07) is 19.5. The third-order valence-corrected chi connectivity index (χ3v) is 4.10. The number of ether oxygens (including phenoxy) is 1. The number of methoxy groups -OCH3 is 1. The van der Waals surface area contributed by atoms with E-state index in [2.05, 4.69) is 10.4 Å². The molecule has 0 bridgehead atoms. The summed E-state index contributed by atoms with van der Waals surface area (Å²) in [7, 11) is 3.56. The van der Waals surface area contributed by atoms with Gasteiger partial charge in [0, 0.05) is 12.6 Å².